The van der Waals surface area contributed by atoms with E-state index in [4.69, 9.17) is 17.3 Å². The first-order valence-electron chi connectivity index (χ1n) is 8.51. The van der Waals surface area contributed by atoms with E-state index in [1.54, 1.807) is 30.5 Å². The molecule has 0 spiro atoms. The van der Waals surface area contributed by atoms with Crippen molar-refractivity contribution in [3.05, 3.63) is 70.6 Å². The molecule has 1 unspecified atom stereocenters. The van der Waals surface area contributed by atoms with Gasteiger partial charge in [0.25, 0.3) is 12.3 Å². The van der Waals surface area contributed by atoms with Crippen LogP contribution < -0.4 is 5.73 Å². The molecule has 1 aliphatic rings. The Kier molecular flexibility index (Phi) is 4.54. The van der Waals surface area contributed by atoms with Gasteiger partial charge in [0, 0.05) is 47.4 Å². The third kappa shape index (κ3) is 3.03. The Bertz CT molecular complexity index is 1120. The molecule has 2 aromatic heterocycles. The SMILES string of the molecule is CN1C(=O)C(c2cc(Cl)cc(-c3cc[nH]n3)c2)(c2cncc(C(F)F)c2)N=C1N. The van der Waals surface area contributed by atoms with E-state index < -0.39 is 17.9 Å². The number of pyridine rings is 1. The molecule has 0 saturated carbocycles. The molecule has 10 heteroatoms. The third-order valence-corrected chi connectivity index (χ3v) is 5.00. The molecule has 148 valence electrons. The number of likely N-dealkylation sites (N-methyl/N-ethyl adjacent to an activating group) is 1. The van der Waals surface area contributed by atoms with Gasteiger partial charge in [-0.05, 0) is 35.9 Å². The molecule has 0 aliphatic carbocycles. The van der Waals surface area contributed by atoms with E-state index >= 15 is 0 Å². The molecule has 3 aromatic rings. The van der Waals surface area contributed by atoms with Crippen LogP contribution in [0, 0.1) is 0 Å². The van der Waals surface area contributed by atoms with Gasteiger partial charge >= 0.3 is 0 Å². The Morgan fingerprint density at radius 1 is 1.21 bits per heavy atom. The minimum atomic E-state index is -2.76. The molecule has 3 N–H and O–H groups in total. The standard InChI is InChI=1S/C19H15ClF2N6O/c1-28-17(29)19(26-18(28)23,13-5-11(16(21)22)8-24-9-13)12-4-10(6-14(20)7-12)15-2-3-25-27-15/h2-9,16H,1H3,(H2,23,26)(H,25,27). The van der Waals surface area contributed by atoms with Gasteiger partial charge in [-0.3, -0.25) is 19.8 Å². The molecule has 0 fully saturated rings. The highest BCUT2D eigenvalue weighted by Gasteiger charge is 2.50. The third-order valence-electron chi connectivity index (χ3n) is 4.78. The van der Waals surface area contributed by atoms with Crippen LogP contribution in [0.1, 0.15) is 23.1 Å². The molecule has 4 rings (SSSR count). The predicted molar refractivity (Wildman–Crippen MR) is 103 cm³/mol. The average Bonchev–Trinajstić information content (AvgIpc) is 3.32. The number of nitrogens with zero attached hydrogens (tertiary/aromatic N) is 4. The number of aromatic nitrogens is 3. The zero-order valence-electron chi connectivity index (χ0n) is 15.1. The minimum absolute atomic E-state index is 0.0428. The van der Waals surface area contributed by atoms with Gasteiger partial charge in [-0.15, -0.1) is 0 Å². The number of hydrogen-bond acceptors (Lipinski definition) is 5. The summed E-state index contributed by atoms with van der Waals surface area (Å²) in [6, 6.07) is 7.87. The van der Waals surface area contributed by atoms with E-state index in [0.29, 0.717) is 21.8 Å². The first-order valence-corrected chi connectivity index (χ1v) is 8.89. The van der Waals surface area contributed by atoms with E-state index in [1.165, 1.54) is 24.2 Å². The van der Waals surface area contributed by atoms with Crippen LogP contribution >= 0.6 is 11.6 Å². The molecule has 0 saturated heterocycles. The quantitative estimate of drug-likeness (QED) is 0.682. The molecule has 7 nitrogen and oxygen atoms in total. The topological polar surface area (TPSA) is 100 Å². The zero-order chi connectivity index (χ0) is 20.8. The Labute approximate surface area is 169 Å². The highest BCUT2D eigenvalue weighted by molar-refractivity contribution is 6.31. The average molecular weight is 417 g/mol. The van der Waals surface area contributed by atoms with E-state index in [-0.39, 0.29) is 17.1 Å². The lowest BCUT2D eigenvalue weighted by atomic mass is 9.82. The molecule has 1 aromatic carbocycles. The van der Waals surface area contributed by atoms with Gasteiger partial charge in [-0.2, -0.15) is 5.10 Å². The maximum Gasteiger partial charge on any atom is 0.266 e. The number of rotatable bonds is 4. The van der Waals surface area contributed by atoms with Gasteiger partial charge < -0.3 is 5.73 Å². The van der Waals surface area contributed by atoms with Crippen molar-refractivity contribution >= 4 is 23.5 Å². The molecular weight excluding hydrogens is 402 g/mol. The number of alkyl halides is 2. The summed E-state index contributed by atoms with van der Waals surface area (Å²) >= 11 is 6.32. The molecule has 1 atom stereocenters. The highest BCUT2D eigenvalue weighted by Crippen LogP contribution is 2.42. The highest BCUT2D eigenvalue weighted by atomic mass is 35.5. The lowest BCUT2D eigenvalue weighted by Gasteiger charge is -2.26. The van der Waals surface area contributed by atoms with Crippen molar-refractivity contribution in [1.82, 2.24) is 20.1 Å². The van der Waals surface area contributed by atoms with Gasteiger partial charge in [0.2, 0.25) is 0 Å². The van der Waals surface area contributed by atoms with E-state index in [1.807, 2.05) is 0 Å². The number of nitrogens with two attached hydrogens (primary N) is 1. The lowest BCUT2D eigenvalue weighted by Crippen LogP contribution is -2.41. The van der Waals surface area contributed by atoms with Crippen LogP contribution in [0.2, 0.25) is 5.02 Å². The number of guanidine groups is 1. The number of benzene rings is 1. The summed E-state index contributed by atoms with van der Waals surface area (Å²) in [7, 11) is 1.46. The Balaban J connectivity index is 1.99. The number of hydrogen-bond donors (Lipinski definition) is 2. The normalized spacial score (nSPS) is 19.1. The van der Waals surface area contributed by atoms with Crippen molar-refractivity contribution in [2.24, 2.45) is 10.7 Å². The maximum atomic E-state index is 13.3. The maximum absolute atomic E-state index is 13.3. The Hall–Kier alpha value is -3.33. The number of halogens is 3. The smallest absolute Gasteiger partial charge is 0.266 e. The molecule has 1 aliphatic heterocycles. The number of carbonyl (C=O) groups is 1. The summed E-state index contributed by atoms with van der Waals surface area (Å²) < 4.78 is 26.6. The number of H-pyrrole nitrogens is 1. The Morgan fingerprint density at radius 2 is 2.00 bits per heavy atom. The first-order chi connectivity index (χ1) is 13.8. The fraction of sp³-hybridized carbons (Fsp3) is 0.158. The van der Waals surface area contributed by atoms with Crippen molar-refractivity contribution in [1.29, 1.82) is 0 Å². The fourth-order valence-corrected chi connectivity index (χ4v) is 3.56. The molecule has 1 amide bonds. The molecule has 29 heavy (non-hydrogen) atoms. The van der Waals surface area contributed by atoms with Crippen LogP contribution in [0.3, 0.4) is 0 Å². The fourth-order valence-electron chi connectivity index (χ4n) is 3.33. The van der Waals surface area contributed by atoms with Gasteiger partial charge in [-0.25, -0.2) is 13.8 Å². The van der Waals surface area contributed by atoms with Crippen molar-refractivity contribution in [2.45, 2.75) is 12.0 Å². The van der Waals surface area contributed by atoms with E-state index in [9.17, 15) is 13.6 Å². The van der Waals surface area contributed by atoms with Crippen LogP contribution in [-0.2, 0) is 10.3 Å². The zero-order valence-corrected chi connectivity index (χ0v) is 15.9. The van der Waals surface area contributed by atoms with Gasteiger partial charge in [0.1, 0.15) is 0 Å². The van der Waals surface area contributed by atoms with Crippen LogP contribution in [0.15, 0.2) is 53.9 Å². The van der Waals surface area contributed by atoms with Crippen molar-refractivity contribution < 1.29 is 13.6 Å². The monoisotopic (exact) mass is 416 g/mol. The second kappa shape index (κ2) is 6.93. The molecule has 3 heterocycles. The number of aliphatic imine (C=N–C) groups is 1. The summed E-state index contributed by atoms with van der Waals surface area (Å²) in [5.41, 5.74) is 5.67. The minimum Gasteiger partial charge on any atom is -0.369 e. The lowest BCUT2D eigenvalue weighted by molar-refractivity contribution is -0.129. The summed E-state index contributed by atoms with van der Waals surface area (Å²) in [5, 5.41) is 7.17. The van der Waals surface area contributed by atoms with Crippen molar-refractivity contribution in [2.75, 3.05) is 7.05 Å². The van der Waals surface area contributed by atoms with Crippen LogP contribution in [-0.4, -0.2) is 39.0 Å². The molecular formula is C19H15ClF2N6O. The summed E-state index contributed by atoms with van der Waals surface area (Å²) in [4.78, 5) is 22.7. The molecule has 0 radical (unpaired) electrons. The first kappa shape index (κ1) is 19.0. The van der Waals surface area contributed by atoms with E-state index in [0.717, 1.165) is 6.20 Å². The van der Waals surface area contributed by atoms with Crippen molar-refractivity contribution in [3.8, 4) is 11.3 Å². The van der Waals surface area contributed by atoms with Crippen LogP contribution in [0.4, 0.5) is 8.78 Å². The van der Waals surface area contributed by atoms with Gasteiger partial charge in [0.05, 0.1) is 5.69 Å². The van der Waals surface area contributed by atoms with Crippen LogP contribution in [0.25, 0.3) is 11.3 Å². The van der Waals surface area contributed by atoms with Gasteiger partial charge in [0.15, 0.2) is 11.5 Å². The van der Waals surface area contributed by atoms with Crippen LogP contribution in [0.5, 0.6) is 0 Å². The number of carbonyl (C=O) groups excluding carboxylic acids is 1. The summed E-state index contributed by atoms with van der Waals surface area (Å²) in [6.45, 7) is 0. The largest absolute Gasteiger partial charge is 0.369 e. The summed E-state index contributed by atoms with van der Waals surface area (Å²) in [6.07, 6.45) is 1.26. The summed E-state index contributed by atoms with van der Waals surface area (Å²) in [5.74, 6) is -0.544. The Morgan fingerprint density at radius 3 is 2.62 bits per heavy atom. The molecule has 0 bridgehead atoms. The predicted octanol–water partition coefficient (Wildman–Crippen LogP) is 3.09. The van der Waals surface area contributed by atoms with Crippen molar-refractivity contribution in [3.63, 3.8) is 0 Å². The second-order valence-electron chi connectivity index (χ2n) is 6.54. The second-order valence-corrected chi connectivity index (χ2v) is 6.98. The van der Waals surface area contributed by atoms with Gasteiger partial charge in [-0.1, -0.05) is 11.6 Å². The van der Waals surface area contributed by atoms with E-state index in [2.05, 4.69) is 20.2 Å². The number of nitrogens with one attached hydrogen (secondary N) is 1. The number of amides is 1. The number of aromatic amines is 1.